The zero-order chi connectivity index (χ0) is 13.5. The summed E-state index contributed by atoms with van der Waals surface area (Å²) in [6.07, 6.45) is 0. The summed E-state index contributed by atoms with van der Waals surface area (Å²) < 4.78 is 0. The molecule has 2 N–H and O–H groups in total. The van der Waals surface area contributed by atoms with Crippen LogP contribution in [0, 0.1) is 6.92 Å². The summed E-state index contributed by atoms with van der Waals surface area (Å²) in [5.74, 6) is 1.21. The van der Waals surface area contributed by atoms with Crippen molar-refractivity contribution in [1.29, 1.82) is 0 Å². The first-order valence-electron chi connectivity index (χ1n) is 6.04. The summed E-state index contributed by atoms with van der Waals surface area (Å²) in [5.41, 5.74) is 2.13. The zero-order valence-electron chi connectivity index (χ0n) is 11.1. The van der Waals surface area contributed by atoms with Crippen LogP contribution in [0.1, 0.15) is 30.9 Å². The molecule has 0 amide bonds. The fourth-order valence-corrected chi connectivity index (χ4v) is 1.41. The third-order valence-electron chi connectivity index (χ3n) is 2.66. The van der Waals surface area contributed by atoms with E-state index in [9.17, 15) is 5.11 Å². The quantitative estimate of drug-likeness (QED) is 0.788. The van der Waals surface area contributed by atoms with Crippen molar-refractivity contribution >= 4 is 0 Å². The molecule has 0 atom stereocenters. The molecule has 0 saturated heterocycles. The number of para-hydroxylation sites is 1. The second-order valence-corrected chi connectivity index (χ2v) is 4.54. The maximum absolute atomic E-state index is 9.35. The van der Waals surface area contributed by atoms with Gasteiger partial charge in [0.25, 0.3) is 0 Å². The predicted molar refractivity (Wildman–Crippen MR) is 75.0 cm³/mol. The molecule has 2 aromatic rings. The molecule has 0 aromatic heterocycles. The second kappa shape index (κ2) is 6.70. The van der Waals surface area contributed by atoms with Gasteiger partial charge in [0, 0.05) is 0 Å². The lowest BCUT2D eigenvalue weighted by Crippen LogP contribution is -1.86. The van der Waals surface area contributed by atoms with Gasteiger partial charge in [-0.3, -0.25) is 0 Å². The molecule has 2 nitrogen and oxygen atoms in total. The van der Waals surface area contributed by atoms with Gasteiger partial charge in [0.15, 0.2) is 0 Å². The molecule has 2 aromatic carbocycles. The summed E-state index contributed by atoms with van der Waals surface area (Å²) in [6.45, 7) is 6.13. The van der Waals surface area contributed by atoms with Crippen LogP contribution in [0.15, 0.2) is 48.5 Å². The van der Waals surface area contributed by atoms with Crippen molar-refractivity contribution in [3.05, 3.63) is 59.7 Å². The van der Waals surface area contributed by atoms with Gasteiger partial charge >= 0.3 is 0 Å². The lowest BCUT2D eigenvalue weighted by atomic mass is 10.0. The minimum Gasteiger partial charge on any atom is -0.508 e. The van der Waals surface area contributed by atoms with Gasteiger partial charge in [0.05, 0.1) is 0 Å². The number of aryl methyl sites for hydroxylation is 1. The molecule has 0 radical (unpaired) electrons. The summed E-state index contributed by atoms with van der Waals surface area (Å²) >= 11 is 0. The van der Waals surface area contributed by atoms with Crippen LogP contribution in [-0.2, 0) is 0 Å². The highest BCUT2D eigenvalue weighted by Crippen LogP contribution is 2.22. The Kier molecular flexibility index (Phi) is 5.25. The molecular weight excluding hydrogens is 224 g/mol. The van der Waals surface area contributed by atoms with Gasteiger partial charge in [0.1, 0.15) is 11.5 Å². The lowest BCUT2D eigenvalue weighted by molar-refractivity contribution is 0.470. The van der Waals surface area contributed by atoms with Crippen molar-refractivity contribution in [2.45, 2.75) is 26.7 Å². The number of hydrogen-bond acceptors (Lipinski definition) is 2. The number of phenolic OH excluding ortho intramolecular Hbond substituents is 2. The van der Waals surface area contributed by atoms with E-state index in [0.717, 1.165) is 5.56 Å². The van der Waals surface area contributed by atoms with Gasteiger partial charge in [-0.2, -0.15) is 0 Å². The standard InChI is InChI=1S/C10H14O.C6H6O/c1-7(2)9-5-4-8(3)10(11)6-9;7-6-4-2-1-3-5-6/h4-7,11H,1-3H3;1-5,7H. The molecule has 2 rings (SSSR count). The number of hydrogen-bond donors (Lipinski definition) is 2. The van der Waals surface area contributed by atoms with Crippen molar-refractivity contribution in [2.24, 2.45) is 0 Å². The molecule has 2 heteroatoms. The Bertz CT molecular complexity index is 476. The number of aromatic hydroxyl groups is 2. The van der Waals surface area contributed by atoms with Crippen LogP contribution in [0.2, 0.25) is 0 Å². The van der Waals surface area contributed by atoms with Crippen molar-refractivity contribution in [1.82, 2.24) is 0 Å². The normalized spacial score (nSPS) is 9.78. The second-order valence-electron chi connectivity index (χ2n) is 4.54. The summed E-state index contributed by atoms with van der Waals surface area (Å²) in [7, 11) is 0. The van der Waals surface area contributed by atoms with Crippen LogP contribution in [-0.4, -0.2) is 10.2 Å². The first kappa shape index (κ1) is 14.1. The summed E-state index contributed by atoms with van der Waals surface area (Å²) in [6, 6.07) is 14.6. The molecule has 96 valence electrons. The topological polar surface area (TPSA) is 40.5 Å². The maximum atomic E-state index is 9.35. The van der Waals surface area contributed by atoms with Crippen LogP contribution in [0.5, 0.6) is 11.5 Å². The van der Waals surface area contributed by atoms with E-state index in [2.05, 4.69) is 19.9 Å². The highest BCUT2D eigenvalue weighted by molar-refractivity contribution is 5.36. The number of rotatable bonds is 1. The van der Waals surface area contributed by atoms with E-state index in [4.69, 9.17) is 5.11 Å². The van der Waals surface area contributed by atoms with Crippen LogP contribution in [0.25, 0.3) is 0 Å². The molecule has 0 aliphatic rings. The molecule has 0 aliphatic carbocycles. The highest BCUT2D eigenvalue weighted by Gasteiger charge is 2.00. The van der Waals surface area contributed by atoms with E-state index in [0.29, 0.717) is 17.4 Å². The Hall–Kier alpha value is -1.96. The van der Waals surface area contributed by atoms with E-state index >= 15 is 0 Å². The van der Waals surface area contributed by atoms with E-state index < -0.39 is 0 Å². The van der Waals surface area contributed by atoms with Crippen LogP contribution in [0.4, 0.5) is 0 Å². The molecule has 0 aliphatic heterocycles. The maximum Gasteiger partial charge on any atom is 0.118 e. The molecule has 18 heavy (non-hydrogen) atoms. The highest BCUT2D eigenvalue weighted by atomic mass is 16.3. The number of phenols is 2. The first-order valence-corrected chi connectivity index (χ1v) is 6.04. The fourth-order valence-electron chi connectivity index (χ4n) is 1.41. The minimum absolute atomic E-state index is 0.322. The van der Waals surface area contributed by atoms with Crippen molar-refractivity contribution < 1.29 is 10.2 Å². The average Bonchev–Trinajstić information content (AvgIpc) is 2.34. The molecule has 0 heterocycles. The van der Waals surface area contributed by atoms with Crippen LogP contribution >= 0.6 is 0 Å². The zero-order valence-corrected chi connectivity index (χ0v) is 11.1. The molecule has 0 fully saturated rings. The third-order valence-corrected chi connectivity index (χ3v) is 2.66. The van der Waals surface area contributed by atoms with Crippen LogP contribution in [0.3, 0.4) is 0 Å². The summed E-state index contributed by atoms with van der Waals surface area (Å²) in [4.78, 5) is 0. The largest absolute Gasteiger partial charge is 0.508 e. The van der Waals surface area contributed by atoms with E-state index in [1.54, 1.807) is 24.3 Å². The Morgan fingerprint density at radius 2 is 1.50 bits per heavy atom. The predicted octanol–water partition coefficient (Wildman–Crippen LogP) is 4.22. The van der Waals surface area contributed by atoms with Gasteiger partial charge in [0.2, 0.25) is 0 Å². The van der Waals surface area contributed by atoms with Gasteiger partial charge in [-0.1, -0.05) is 44.2 Å². The average molecular weight is 244 g/mol. The molecule has 0 spiro atoms. The van der Waals surface area contributed by atoms with Crippen molar-refractivity contribution in [3.8, 4) is 11.5 Å². The third kappa shape index (κ3) is 4.50. The van der Waals surface area contributed by atoms with E-state index in [1.165, 1.54) is 5.56 Å². The first-order chi connectivity index (χ1) is 8.50. The van der Waals surface area contributed by atoms with Gasteiger partial charge in [-0.15, -0.1) is 0 Å². The Balaban J connectivity index is 0.000000199. The SMILES string of the molecule is Cc1ccc(C(C)C)cc1O.Oc1ccccc1. The van der Waals surface area contributed by atoms with Gasteiger partial charge in [-0.05, 0) is 42.2 Å². The molecular formula is C16H20O2. The van der Waals surface area contributed by atoms with Crippen molar-refractivity contribution in [2.75, 3.05) is 0 Å². The smallest absolute Gasteiger partial charge is 0.118 e. The Labute approximate surface area is 109 Å². The van der Waals surface area contributed by atoms with E-state index in [1.807, 2.05) is 25.1 Å². The Morgan fingerprint density at radius 1 is 0.889 bits per heavy atom. The molecule has 0 bridgehead atoms. The Morgan fingerprint density at radius 3 is 1.89 bits per heavy atom. The monoisotopic (exact) mass is 244 g/mol. The van der Waals surface area contributed by atoms with Crippen LogP contribution < -0.4 is 0 Å². The summed E-state index contributed by atoms with van der Waals surface area (Å²) in [5, 5.41) is 18.0. The number of benzene rings is 2. The molecule has 0 saturated carbocycles. The molecule has 0 unspecified atom stereocenters. The minimum atomic E-state index is 0.322. The fraction of sp³-hybridized carbons (Fsp3) is 0.250. The lowest BCUT2D eigenvalue weighted by Gasteiger charge is -2.06. The van der Waals surface area contributed by atoms with Crippen molar-refractivity contribution in [3.63, 3.8) is 0 Å². The van der Waals surface area contributed by atoms with Gasteiger partial charge < -0.3 is 10.2 Å². The van der Waals surface area contributed by atoms with E-state index in [-0.39, 0.29) is 0 Å². The van der Waals surface area contributed by atoms with Gasteiger partial charge in [-0.25, -0.2) is 0 Å².